The van der Waals surface area contributed by atoms with Gasteiger partial charge in [0.15, 0.2) is 11.5 Å². The van der Waals surface area contributed by atoms with E-state index >= 15 is 0 Å². The van der Waals surface area contributed by atoms with Gasteiger partial charge in [0, 0.05) is 11.8 Å². The van der Waals surface area contributed by atoms with Crippen LogP contribution in [0.4, 0.5) is 18.9 Å². The quantitative estimate of drug-likeness (QED) is 0.292. The summed E-state index contributed by atoms with van der Waals surface area (Å²) in [6, 6.07) is 15.4. The summed E-state index contributed by atoms with van der Waals surface area (Å²) in [6.45, 7) is 0. The van der Waals surface area contributed by atoms with Crippen LogP contribution in [0.1, 0.15) is 22.3 Å². The highest BCUT2D eigenvalue weighted by atomic mass is 19.4. The van der Waals surface area contributed by atoms with Crippen LogP contribution in [0.2, 0.25) is 0 Å². The average molecular weight is 483 g/mol. The first-order valence-electron chi connectivity index (χ1n) is 10.5. The SMILES string of the molecule is COc1cc(/C=C/c2ccc(NC(=O)/C=C/c3ccc(C(F)(F)F)cc3)cc2)cc(OC)c1OC. The lowest BCUT2D eigenvalue weighted by Crippen LogP contribution is -2.07. The molecule has 0 saturated carbocycles. The van der Waals surface area contributed by atoms with E-state index in [1.807, 2.05) is 36.4 Å². The van der Waals surface area contributed by atoms with Gasteiger partial charge in [-0.15, -0.1) is 0 Å². The molecule has 35 heavy (non-hydrogen) atoms. The standard InChI is InChI=1S/C27H24F3NO4/c1-33-23-16-20(17-24(34-2)26(23)35-3)5-4-18-8-13-22(14-9-18)31-25(32)15-10-19-6-11-21(12-7-19)27(28,29)30/h4-17H,1-3H3,(H,31,32)/b5-4+,15-10+. The van der Waals surface area contributed by atoms with Crippen molar-refractivity contribution >= 4 is 29.8 Å². The predicted octanol–water partition coefficient (Wildman–Crippen LogP) is 6.55. The first kappa shape index (κ1) is 25.4. The summed E-state index contributed by atoms with van der Waals surface area (Å²) in [4.78, 5) is 12.2. The monoisotopic (exact) mass is 483 g/mol. The third-order valence-corrected chi connectivity index (χ3v) is 5.00. The first-order chi connectivity index (χ1) is 16.7. The van der Waals surface area contributed by atoms with Crippen LogP contribution < -0.4 is 19.5 Å². The summed E-state index contributed by atoms with van der Waals surface area (Å²) in [5.41, 5.74) is 2.08. The van der Waals surface area contributed by atoms with Crippen LogP contribution in [-0.4, -0.2) is 27.2 Å². The molecule has 0 fully saturated rings. The Morgan fingerprint density at radius 1 is 0.743 bits per heavy atom. The summed E-state index contributed by atoms with van der Waals surface area (Å²) in [5.74, 6) is 1.22. The smallest absolute Gasteiger partial charge is 0.416 e. The van der Waals surface area contributed by atoms with E-state index in [2.05, 4.69) is 5.32 Å². The van der Waals surface area contributed by atoms with Crippen LogP contribution in [0.25, 0.3) is 18.2 Å². The summed E-state index contributed by atoms with van der Waals surface area (Å²) in [7, 11) is 4.65. The van der Waals surface area contributed by atoms with Crippen molar-refractivity contribution in [2.45, 2.75) is 6.18 Å². The molecule has 1 N–H and O–H groups in total. The van der Waals surface area contributed by atoms with Crippen molar-refractivity contribution in [1.82, 2.24) is 0 Å². The summed E-state index contributed by atoms with van der Waals surface area (Å²) >= 11 is 0. The minimum absolute atomic E-state index is 0.398. The molecule has 182 valence electrons. The van der Waals surface area contributed by atoms with Crippen molar-refractivity contribution in [3.63, 3.8) is 0 Å². The first-order valence-corrected chi connectivity index (χ1v) is 10.5. The Balaban J connectivity index is 1.62. The molecular weight excluding hydrogens is 459 g/mol. The topological polar surface area (TPSA) is 56.8 Å². The number of halogens is 3. The molecule has 0 spiro atoms. The number of anilines is 1. The number of carbonyl (C=O) groups is 1. The number of rotatable bonds is 8. The highest BCUT2D eigenvalue weighted by molar-refractivity contribution is 6.02. The molecule has 3 aromatic rings. The van der Waals surface area contributed by atoms with E-state index in [0.717, 1.165) is 23.3 Å². The van der Waals surface area contributed by atoms with Crippen LogP contribution in [0.5, 0.6) is 17.2 Å². The van der Waals surface area contributed by atoms with E-state index in [4.69, 9.17) is 14.2 Å². The van der Waals surface area contributed by atoms with Crippen LogP contribution in [0.15, 0.2) is 66.7 Å². The van der Waals surface area contributed by atoms with E-state index in [0.29, 0.717) is 28.5 Å². The Bertz CT molecular complexity index is 1190. The maximum Gasteiger partial charge on any atom is 0.416 e. The van der Waals surface area contributed by atoms with Crippen LogP contribution >= 0.6 is 0 Å². The van der Waals surface area contributed by atoms with Gasteiger partial charge in [0.25, 0.3) is 0 Å². The van der Waals surface area contributed by atoms with Crippen LogP contribution in [0, 0.1) is 0 Å². The third-order valence-electron chi connectivity index (χ3n) is 5.00. The van der Waals surface area contributed by atoms with E-state index in [1.54, 1.807) is 33.5 Å². The predicted molar refractivity (Wildman–Crippen MR) is 131 cm³/mol. The van der Waals surface area contributed by atoms with Gasteiger partial charge < -0.3 is 19.5 Å². The van der Waals surface area contributed by atoms with Gasteiger partial charge in [-0.05, 0) is 59.2 Å². The lowest BCUT2D eigenvalue weighted by atomic mass is 10.1. The number of ether oxygens (including phenoxy) is 3. The molecule has 0 radical (unpaired) electrons. The zero-order chi connectivity index (χ0) is 25.4. The van der Waals surface area contributed by atoms with Crippen molar-refractivity contribution in [1.29, 1.82) is 0 Å². The van der Waals surface area contributed by atoms with Crippen LogP contribution in [0.3, 0.4) is 0 Å². The molecule has 0 unspecified atom stereocenters. The lowest BCUT2D eigenvalue weighted by molar-refractivity contribution is -0.137. The molecular formula is C27H24F3NO4. The molecule has 3 aromatic carbocycles. The van der Waals surface area contributed by atoms with Gasteiger partial charge in [0.2, 0.25) is 11.7 Å². The van der Waals surface area contributed by atoms with E-state index in [-0.39, 0.29) is 0 Å². The number of hydrogen-bond acceptors (Lipinski definition) is 4. The van der Waals surface area contributed by atoms with Gasteiger partial charge in [-0.3, -0.25) is 4.79 Å². The van der Waals surface area contributed by atoms with Gasteiger partial charge >= 0.3 is 6.18 Å². The molecule has 8 heteroatoms. The molecule has 0 heterocycles. The molecule has 0 aliphatic carbocycles. The Morgan fingerprint density at radius 3 is 1.77 bits per heavy atom. The zero-order valence-corrected chi connectivity index (χ0v) is 19.3. The van der Waals surface area contributed by atoms with E-state index < -0.39 is 17.6 Å². The molecule has 0 bridgehead atoms. The maximum atomic E-state index is 12.6. The molecule has 0 aromatic heterocycles. The van der Waals surface area contributed by atoms with Crippen molar-refractivity contribution < 1.29 is 32.2 Å². The van der Waals surface area contributed by atoms with Gasteiger partial charge in [0.1, 0.15) is 0 Å². The molecule has 5 nitrogen and oxygen atoms in total. The summed E-state index contributed by atoms with van der Waals surface area (Å²) < 4.78 is 53.9. The normalized spacial score (nSPS) is 11.6. The number of benzene rings is 3. The van der Waals surface area contributed by atoms with Crippen molar-refractivity contribution in [2.24, 2.45) is 0 Å². The molecule has 0 aliphatic rings. The minimum Gasteiger partial charge on any atom is -0.493 e. The zero-order valence-electron chi connectivity index (χ0n) is 19.3. The molecule has 1 amide bonds. The Morgan fingerprint density at radius 2 is 1.26 bits per heavy atom. The second kappa shape index (κ2) is 11.3. The van der Waals surface area contributed by atoms with E-state index in [1.165, 1.54) is 24.3 Å². The molecule has 0 aliphatic heterocycles. The van der Waals surface area contributed by atoms with Crippen molar-refractivity contribution in [3.05, 3.63) is 89.0 Å². The number of carbonyl (C=O) groups excluding carboxylic acids is 1. The summed E-state index contributed by atoms with van der Waals surface area (Å²) in [6.07, 6.45) is 2.11. The fourth-order valence-corrected chi connectivity index (χ4v) is 3.21. The second-order valence-corrected chi connectivity index (χ2v) is 7.36. The van der Waals surface area contributed by atoms with Gasteiger partial charge in [0.05, 0.1) is 26.9 Å². The average Bonchev–Trinajstić information content (AvgIpc) is 2.86. The fraction of sp³-hybridized carbons (Fsp3) is 0.148. The number of nitrogens with one attached hydrogen (secondary N) is 1. The minimum atomic E-state index is -4.39. The largest absolute Gasteiger partial charge is 0.493 e. The second-order valence-electron chi connectivity index (χ2n) is 7.36. The lowest BCUT2D eigenvalue weighted by Gasteiger charge is -2.12. The highest BCUT2D eigenvalue weighted by Gasteiger charge is 2.29. The number of hydrogen-bond donors (Lipinski definition) is 1. The summed E-state index contributed by atoms with van der Waals surface area (Å²) in [5, 5.41) is 2.71. The third kappa shape index (κ3) is 6.89. The highest BCUT2D eigenvalue weighted by Crippen LogP contribution is 2.38. The number of alkyl halides is 3. The van der Waals surface area contributed by atoms with E-state index in [9.17, 15) is 18.0 Å². The molecule has 0 atom stereocenters. The van der Waals surface area contributed by atoms with Crippen molar-refractivity contribution in [3.8, 4) is 17.2 Å². The Kier molecular flexibility index (Phi) is 8.20. The Hall–Kier alpha value is -4.20. The number of methoxy groups -OCH3 is 3. The van der Waals surface area contributed by atoms with Crippen molar-refractivity contribution in [2.75, 3.05) is 26.6 Å². The molecule has 3 rings (SSSR count). The maximum absolute atomic E-state index is 12.6. The Labute approximate surface area is 201 Å². The molecule has 0 saturated heterocycles. The van der Waals surface area contributed by atoms with Gasteiger partial charge in [-0.2, -0.15) is 13.2 Å². The fourth-order valence-electron chi connectivity index (χ4n) is 3.21. The van der Waals surface area contributed by atoms with Gasteiger partial charge in [-0.25, -0.2) is 0 Å². The number of amides is 1. The van der Waals surface area contributed by atoms with Gasteiger partial charge in [-0.1, -0.05) is 36.4 Å². The van der Waals surface area contributed by atoms with Crippen LogP contribution in [-0.2, 0) is 11.0 Å².